The second-order valence-electron chi connectivity index (χ2n) is 7.20. The van der Waals surface area contributed by atoms with Gasteiger partial charge in [0.2, 0.25) is 11.6 Å². The predicted molar refractivity (Wildman–Crippen MR) is 112 cm³/mol. The molecule has 32 heavy (non-hydrogen) atoms. The van der Waals surface area contributed by atoms with Crippen molar-refractivity contribution >= 4 is 16.9 Å². The summed E-state index contributed by atoms with van der Waals surface area (Å²) in [4.78, 5) is 28.7. The van der Waals surface area contributed by atoms with Crippen molar-refractivity contribution in [3.63, 3.8) is 0 Å². The highest BCUT2D eigenvalue weighted by molar-refractivity contribution is 5.81. The molecule has 1 amide bonds. The molecule has 1 heterocycles. The van der Waals surface area contributed by atoms with E-state index in [0.717, 1.165) is 15.7 Å². The molecule has 1 N–H and O–H groups in total. The third-order valence-corrected chi connectivity index (χ3v) is 5.09. The highest BCUT2D eigenvalue weighted by Gasteiger charge is 2.37. The number of fused-ring (bicyclic) bond motifs is 1. The molecule has 0 saturated carbocycles. The van der Waals surface area contributed by atoms with Crippen LogP contribution in [0.3, 0.4) is 0 Å². The third kappa shape index (κ3) is 4.53. The molecule has 0 bridgehead atoms. The number of rotatable bonds is 6. The SMILES string of the molecule is COc1cccc(CNC(=O)Cn2c(=O)c(C(F)(F)F)nc3cc(C)c(C)cc32)c1OC. The maximum atomic E-state index is 13.4. The molecule has 0 saturated heterocycles. The summed E-state index contributed by atoms with van der Waals surface area (Å²) >= 11 is 0. The second kappa shape index (κ2) is 8.89. The van der Waals surface area contributed by atoms with Crippen LogP contribution in [0.4, 0.5) is 13.2 Å². The maximum Gasteiger partial charge on any atom is 0.438 e. The Morgan fingerprint density at radius 1 is 1.12 bits per heavy atom. The first-order valence-corrected chi connectivity index (χ1v) is 9.62. The molecule has 0 aliphatic heterocycles. The number of aromatic nitrogens is 2. The molecule has 7 nitrogen and oxygen atoms in total. The molecule has 0 unspecified atom stereocenters. The number of nitrogens with one attached hydrogen (secondary N) is 1. The number of hydrogen-bond acceptors (Lipinski definition) is 5. The van der Waals surface area contributed by atoms with Crippen molar-refractivity contribution in [1.82, 2.24) is 14.9 Å². The Bertz CT molecular complexity index is 1240. The average molecular weight is 449 g/mol. The summed E-state index contributed by atoms with van der Waals surface area (Å²) in [5, 5.41) is 2.61. The van der Waals surface area contributed by atoms with Gasteiger partial charge in [-0.1, -0.05) is 12.1 Å². The molecule has 2 aromatic carbocycles. The number of aryl methyl sites for hydroxylation is 2. The van der Waals surface area contributed by atoms with Crippen molar-refractivity contribution < 1.29 is 27.4 Å². The molecule has 170 valence electrons. The van der Waals surface area contributed by atoms with E-state index in [1.807, 2.05) is 0 Å². The van der Waals surface area contributed by atoms with E-state index in [0.29, 0.717) is 17.1 Å². The standard InChI is InChI=1S/C22H22F3N3O4/c1-12-8-15-16(9-13(12)2)28(21(30)20(27-15)22(23,24)25)11-18(29)26-10-14-6-5-7-17(31-3)19(14)32-4/h5-9H,10-11H2,1-4H3,(H,26,29). The van der Waals surface area contributed by atoms with Crippen molar-refractivity contribution in [2.45, 2.75) is 33.1 Å². The van der Waals surface area contributed by atoms with E-state index in [2.05, 4.69) is 10.3 Å². The molecule has 0 atom stereocenters. The topological polar surface area (TPSA) is 82.5 Å². The number of carbonyl (C=O) groups is 1. The number of alkyl halides is 3. The van der Waals surface area contributed by atoms with Gasteiger partial charge >= 0.3 is 6.18 Å². The first kappa shape index (κ1) is 23.1. The molecule has 1 aromatic heterocycles. The molecular formula is C22H22F3N3O4. The number of amides is 1. The summed E-state index contributed by atoms with van der Waals surface area (Å²) in [7, 11) is 2.93. The number of methoxy groups -OCH3 is 2. The van der Waals surface area contributed by atoms with Gasteiger partial charge in [-0.15, -0.1) is 0 Å². The van der Waals surface area contributed by atoms with E-state index < -0.39 is 29.9 Å². The van der Waals surface area contributed by atoms with Crippen molar-refractivity contribution in [3.8, 4) is 11.5 Å². The fourth-order valence-corrected chi connectivity index (χ4v) is 3.32. The number of carbonyl (C=O) groups excluding carboxylic acids is 1. The van der Waals surface area contributed by atoms with Crippen LogP contribution in [-0.4, -0.2) is 29.7 Å². The summed E-state index contributed by atoms with van der Waals surface area (Å²) in [5.74, 6) is 0.249. The average Bonchev–Trinajstić information content (AvgIpc) is 2.74. The molecule has 0 aliphatic rings. The lowest BCUT2D eigenvalue weighted by atomic mass is 10.1. The van der Waals surface area contributed by atoms with E-state index in [-0.39, 0.29) is 17.6 Å². The van der Waals surface area contributed by atoms with Crippen LogP contribution < -0.4 is 20.3 Å². The zero-order chi connectivity index (χ0) is 23.6. The van der Waals surface area contributed by atoms with E-state index in [4.69, 9.17) is 9.47 Å². The summed E-state index contributed by atoms with van der Waals surface area (Å²) in [6, 6.07) is 8.14. The zero-order valence-corrected chi connectivity index (χ0v) is 18.0. The second-order valence-corrected chi connectivity index (χ2v) is 7.20. The molecule has 0 fully saturated rings. The van der Waals surface area contributed by atoms with Crippen LogP contribution >= 0.6 is 0 Å². The number of hydrogen-bond donors (Lipinski definition) is 1. The zero-order valence-electron chi connectivity index (χ0n) is 18.0. The molecule has 0 radical (unpaired) electrons. The Hall–Kier alpha value is -3.56. The first-order valence-electron chi connectivity index (χ1n) is 9.62. The van der Waals surface area contributed by atoms with Gasteiger partial charge in [-0.2, -0.15) is 13.2 Å². The van der Waals surface area contributed by atoms with Gasteiger partial charge in [-0.3, -0.25) is 14.2 Å². The third-order valence-electron chi connectivity index (χ3n) is 5.09. The van der Waals surface area contributed by atoms with Crippen LogP contribution in [0, 0.1) is 13.8 Å². The number of ether oxygens (including phenoxy) is 2. The van der Waals surface area contributed by atoms with E-state index in [9.17, 15) is 22.8 Å². The Balaban J connectivity index is 1.96. The maximum absolute atomic E-state index is 13.4. The van der Waals surface area contributed by atoms with Gasteiger partial charge in [-0.25, -0.2) is 4.98 Å². The van der Waals surface area contributed by atoms with Crippen LogP contribution in [-0.2, 0) is 24.1 Å². The minimum Gasteiger partial charge on any atom is -0.493 e. The van der Waals surface area contributed by atoms with Crippen molar-refractivity contribution in [2.75, 3.05) is 14.2 Å². The minimum absolute atomic E-state index is 0.0118. The highest BCUT2D eigenvalue weighted by Crippen LogP contribution is 2.30. The van der Waals surface area contributed by atoms with Crippen LogP contribution in [0.15, 0.2) is 35.1 Å². The lowest BCUT2D eigenvalue weighted by Crippen LogP contribution is -2.36. The highest BCUT2D eigenvalue weighted by atomic mass is 19.4. The number of halogens is 3. The molecule has 3 rings (SSSR count). The van der Waals surface area contributed by atoms with Crippen LogP contribution in [0.5, 0.6) is 11.5 Å². The smallest absolute Gasteiger partial charge is 0.438 e. The van der Waals surface area contributed by atoms with Crippen LogP contribution in [0.2, 0.25) is 0 Å². The van der Waals surface area contributed by atoms with E-state index >= 15 is 0 Å². The van der Waals surface area contributed by atoms with Crippen LogP contribution in [0.25, 0.3) is 11.0 Å². The van der Waals surface area contributed by atoms with Crippen molar-refractivity contribution in [2.24, 2.45) is 0 Å². The summed E-state index contributed by atoms with van der Waals surface area (Å²) < 4.78 is 51.5. The lowest BCUT2D eigenvalue weighted by molar-refractivity contribution is -0.142. The Morgan fingerprint density at radius 3 is 2.44 bits per heavy atom. The normalized spacial score (nSPS) is 11.5. The minimum atomic E-state index is -4.95. The largest absolute Gasteiger partial charge is 0.493 e. The van der Waals surface area contributed by atoms with Crippen molar-refractivity contribution in [3.05, 3.63) is 63.1 Å². The van der Waals surface area contributed by atoms with E-state index in [1.165, 1.54) is 20.3 Å². The number of nitrogens with zero attached hydrogens (tertiary/aromatic N) is 2. The van der Waals surface area contributed by atoms with Crippen molar-refractivity contribution in [1.29, 1.82) is 0 Å². The fraction of sp³-hybridized carbons (Fsp3) is 0.318. The number of benzene rings is 2. The van der Waals surface area contributed by atoms with Gasteiger partial charge in [0.05, 0.1) is 25.3 Å². The van der Waals surface area contributed by atoms with Gasteiger partial charge < -0.3 is 14.8 Å². The van der Waals surface area contributed by atoms with Gasteiger partial charge in [0, 0.05) is 12.1 Å². The molecule has 0 spiro atoms. The molecule has 0 aliphatic carbocycles. The van der Waals surface area contributed by atoms with Gasteiger partial charge in [0.1, 0.15) is 6.54 Å². The summed E-state index contributed by atoms with van der Waals surface area (Å²) in [6.45, 7) is 2.92. The lowest BCUT2D eigenvalue weighted by Gasteiger charge is -2.16. The quantitative estimate of drug-likeness (QED) is 0.624. The molecule has 10 heteroatoms. The summed E-state index contributed by atoms with van der Waals surface area (Å²) in [5.41, 5.74) is -0.707. The van der Waals surface area contributed by atoms with E-state index in [1.54, 1.807) is 38.1 Å². The Morgan fingerprint density at radius 2 is 1.81 bits per heavy atom. The number of para-hydroxylation sites is 1. The van der Waals surface area contributed by atoms with Crippen LogP contribution in [0.1, 0.15) is 22.4 Å². The Labute approximate surface area is 181 Å². The predicted octanol–water partition coefficient (Wildman–Crippen LogP) is 3.37. The monoisotopic (exact) mass is 449 g/mol. The van der Waals surface area contributed by atoms with Gasteiger partial charge in [0.25, 0.3) is 5.56 Å². The van der Waals surface area contributed by atoms with Gasteiger partial charge in [0.15, 0.2) is 11.5 Å². The molecular weight excluding hydrogens is 427 g/mol. The first-order chi connectivity index (χ1) is 15.1. The Kier molecular flexibility index (Phi) is 6.42. The summed E-state index contributed by atoms with van der Waals surface area (Å²) in [6.07, 6.45) is -4.95. The fourth-order valence-electron chi connectivity index (χ4n) is 3.32. The van der Waals surface area contributed by atoms with Gasteiger partial charge in [-0.05, 0) is 43.2 Å². The molecule has 3 aromatic rings.